The van der Waals surface area contributed by atoms with Crippen molar-refractivity contribution < 1.29 is 4.79 Å². The molecule has 0 unspecified atom stereocenters. The number of H-pyrrole nitrogens is 1. The van der Waals surface area contributed by atoms with Crippen molar-refractivity contribution >= 4 is 58.2 Å². The number of carbonyl (C=O) groups is 1. The van der Waals surface area contributed by atoms with Crippen LogP contribution in [0, 0.1) is 13.8 Å². The van der Waals surface area contributed by atoms with Gasteiger partial charge in [-0.15, -0.1) is 11.8 Å². The summed E-state index contributed by atoms with van der Waals surface area (Å²) in [6.07, 6.45) is 2.92. The Morgan fingerprint density at radius 3 is 2.47 bits per heavy atom. The molecule has 2 aromatic carbocycles. The maximum absolute atomic E-state index is 12.7. The minimum atomic E-state index is -0.0778. The molecule has 1 aliphatic heterocycles. The number of aromatic amines is 1. The number of carbonyl (C=O) groups excluding carboxylic acids is 1. The van der Waals surface area contributed by atoms with E-state index in [-0.39, 0.29) is 5.91 Å². The molecule has 0 saturated heterocycles. The number of amides is 1. The molecule has 3 aromatic rings. The zero-order chi connectivity index (χ0) is 21.4. The monoisotopic (exact) mass is 456 g/mol. The Morgan fingerprint density at radius 2 is 1.80 bits per heavy atom. The van der Waals surface area contributed by atoms with Gasteiger partial charge in [0, 0.05) is 43.3 Å². The molecule has 0 saturated carbocycles. The van der Waals surface area contributed by atoms with Crippen LogP contribution < -0.4 is 5.32 Å². The van der Waals surface area contributed by atoms with Crippen molar-refractivity contribution in [3.63, 3.8) is 0 Å². The molecule has 2 heterocycles. The number of fused-ring (bicyclic) bond motifs is 1. The van der Waals surface area contributed by atoms with Crippen molar-refractivity contribution in [1.29, 1.82) is 0 Å². The van der Waals surface area contributed by atoms with Crippen LogP contribution in [0.5, 0.6) is 0 Å². The van der Waals surface area contributed by atoms with E-state index in [9.17, 15) is 4.79 Å². The van der Waals surface area contributed by atoms with Gasteiger partial charge in [0.05, 0.1) is 5.57 Å². The molecular formula is C24H22Cl2N2OS. The van der Waals surface area contributed by atoms with Crippen LogP contribution in [0.2, 0.25) is 10.0 Å². The number of hydrogen-bond donors (Lipinski definition) is 2. The van der Waals surface area contributed by atoms with Gasteiger partial charge >= 0.3 is 0 Å². The van der Waals surface area contributed by atoms with Crippen LogP contribution in [0.1, 0.15) is 40.6 Å². The molecule has 2 N–H and O–H groups in total. The van der Waals surface area contributed by atoms with Gasteiger partial charge in [-0.05, 0) is 73.4 Å². The summed E-state index contributed by atoms with van der Waals surface area (Å²) in [5, 5.41) is 4.30. The van der Waals surface area contributed by atoms with Crippen molar-refractivity contribution in [3.8, 4) is 0 Å². The summed E-state index contributed by atoms with van der Waals surface area (Å²) in [5.41, 5.74) is 7.99. The van der Waals surface area contributed by atoms with Gasteiger partial charge in [0.25, 0.3) is 5.91 Å². The maximum Gasteiger partial charge on any atom is 0.256 e. The Kier molecular flexibility index (Phi) is 6.01. The van der Waals surface area contributed by atoms with Crippen LogP contribution in [0.25, 0.3) is 11.6 Å². The molecular weight excluding hydrogens is 435 g/mol. The third-order valence-electron chi connectivity index (χ3n) is 5.49. The fourth-order valence-corrected chi connectivity index (χ4v) is 5.54. The number of benzene rings is 2. The Labute approximate surface area is 190 Å². The third-order valence-corrected chi connectivity index (χ3v) is 7.22. The van der Waals surface area contributed by atoms with Crippen LogP contribution >= 0.6 is 35.0 Å². The van der Waals surface area contributed by atoms with Gasteiger partial charge in [0.1, 0.15) is 0 Å². The summed E-state index contributed by atoms with van der Waals surface area (Å²) < 4.78 is 0. The average molecular weight is 457 g/mol. The van der Waals surface area contributed by atoms with Crippen molar-refractivity contribution in [2.75, 3.05) is 5.32 Å². The number of halogens is 2. The van der Waals surface area contributed by atoms with E-state index in [4.69, 9.17) is 23.2 Å². The van der Waals surface area contributed by atoms with Crippen LogP contribution in [0.3, 0.4) is 0 Å². The summed E-state index contributed by atoms with van der Waals surface area (Å²) in [7, 11) is 0. The predicted molar refractivity (Wildman–Crippen MR) is 129 cm³/mol. The molecule has 0 spiro atoms. The lowest BCUT2D eigenvalue weighted by atomic mass is 10.0. The number of nitrogens with one attached hydrogen (secondary N) is 2. The maximum atomic E-state index is 12.7. The average Bonchev–Trinajstić information content (AvgIpc) is 3.16. The van der Waals surface area contributed by atoms with E-state index in [1.54, 1.807) is 11.8 Å². The highest BCUT2D eigenvalue weighted by Crippen LogP contribution is 2.38. The highest BCUT2D eigenvalue weighted by molar-refractivity contribution is 7.98. The molecule has 154 valence electrons. The summed E-state index contributed by atoms with van der Waals surface area (Å²) in [4.78, 5) is 17.1. The first kappa shape index (κ1) is 21.1. The molecule has 1 aliphatic rings. The highest BCUT2D eigenvalue weighted by atomic mass is 35.5. The van der Waals surface area contributed by atoms with Gasteiger partial charge in [-0.1, -0.05) is 36.2 Å². The normalized spacial score (nSPS) is 14.3. The minimum Gasteiger partial charge on any atom is -0.359 e. The summed E-state index contributed by atoms with van der Waals surface area (Å²) >= 11 is 14.2. The van der Waals surface area contributed by atoms with Crippen LogP contribution in [-0.4, -0.2) is 10.9 Å². The molecule has 0 radical (unpaired) electrons. The molecule has 1 aromatic heterocycles. The molecule has 0 fully saturated rings. The summed E-state index contributed by atoms with van der Waals surface area (Å²) in [6, 6.07) is 11.6. The Bertz CT molecular complexity index is 1160. The van der Waals surface area contributed by atoms with Crippen molar-refractivity contribution in [1.82, 2.24) is 4.98 Å². The molecule has 1 amide bonds. The van der Waals surface area contributed by atoms with Gasteiger partial charge < -0.3 is 10.3 Å². The minimum absolute atomic E-state index is 0.0778. The molecule has 0 atom stereocenters. The highest BCUT2D eigenvalue weighted by Gasteiger charge is 2.25. The van der Waals surface area contributed by atoms with Gasteiger partial charge in [-0.3, -0.25) is 4.79 Å². The first-order valence-corrected chi connectivity index (χ1v) is 11.5. The number of hydrogen-bond acceptors (Lipinski definition) is 2. The van der Waals surface area contributed by atoms with Gasteiger partial charge in [-0.2, -0.15) is 0 Å². The van der Waals surface area contributed by atoms with Crippen molar-refractivity contribution in [3.05, 3.63) is 80.1 Å². The second kappa shape index (κ2) is 8.54. The van der Waals surface area contributed by atoms with Crippen molar-refractivity contribution in [2.45, 2.75) is 37.8 Å². The first-order chi connectivity index (χ1) is 14.4. The fourth-order valence-electron chi connectivity index (χ4n) is 3.86. The lowest BCUT2D eigenvalue weighted by molar-refractivity contribution is -0.110. The Balaban J connectivity index is 1.65. The van der Waals surface area contributed by atoms with Gasteiger partial charge in [0.15, 0.2) is 0 Å². The van der Waals surface area contributed by atoms with E-state index in [0.717, 1.165) is 39.5 Å². The van der Waals surface area contributed by atoms with Crippen LogP contribution in [0.4, 0.5) is 5.69 Å². The summed E-state index contributed by atoms with van der Waals surface area (Å²) in [5.74, 6) is 0.581. The van der Waals surface area contributed by atoms with E-state index in [1.807, 2.05) is 36.4 Å². The van der Waals surface area contributed by atoms with E-state index in [0.29, 0.717) is 21.4 Å². The Morgan fingerprint density at radius 1 is 1.07 bits per heavy atom. The number of rotatable bonds is 5. The quantitative estimate of drug-likeness (QED) is 0.312. The smallest absolute Gasteiger partial charge is 0.256 e. The van der Waals surface area contributed by atoms with E-state index in [1.165, 1.54) is 11.1 Å². The number of aromatic nitrogens is 1. The largest absolute Gasteiger partial charge is 0.359 e. The van der Waals surface area contributed by atoms with E-state index in [2.05, 4.69) is 37.1 Å². The van der Waals surface area contributed by atoms with Gasteiger partial charge in [-0.25, -0.2) is 0 Å². The molecule has 6 heteroatoms. The van der Waals surface area contributed by atoms with Crippen LogP contribution in [-0.2, 0) is 17.0 Å². The molecule has 0 bridgehead atoms. The lowest BCUT2D eigenvalue weighted by Crippen LogP contribution is -2.03. The van der Waals surface area contributed by atoms with E-state index < -0.39 is 0 Å². The zero-order valence-electron chi connectivity index (χ0n) is 17.0. The second-order valence-corrected chi connectivity index (χ2v) is 9.19. The molecule has 0 aliphatic carbocycles. The summed E-state index contributed by atoms with van der Waals surface area (Å²) in [6.45, 7) is 6.32. The molecule has 3 nitrogen and oxygen atoms in total. The van der Waals surface area contributed by atoms with Gasteiger partial charge in [0.2, 0.25) is 0 Å². The number of aryl methyl sites for hydroxylation is 1. The lowest BCUT2D eigenvalue weighted by Gasteiger charge is -2.08. The topological polar surface area (TPSA) is 44.9 Å². The number of anilines is 1. The third kappa shape index (κ3) is 3.92. The first-order valence-electron chi connectivity index (χ1n) is 9.80. The zero-order valence-corrected chi connectivity index (χ0v) is 19.4. The van der Waals surface area contributed by atoms with E-state index >= 15 is 0 Å². The van der Waals surface area contributed by atoms with Crippen LogP contribution in [0.15, 0.2) is 41.3 Å². The SMILES string of the molecule is CCc1c(C)[nH]c(/C=C2\C(=O)Nc3ccc(SCc4c(Cl)cccc4Cl)cc32)c1C. The van der Waals surface area contributed by atoms with Crippen molar-refractivity contribution in [2.24, 2.45) is 0 Å². The predicted octanol–water partition coefficient (Wildman–Crippen LogP) is 7.29. The fraction of sp³-hybridized carbons (Fsp3) is 0.208. The molecule has 4 rings (SSSR count). The molecule has 30 heavy (non-hydrogen) atoms. The second-order valence-electron chi connectivity index (χ2n) is 7.33. The standard InChI is InChI=1S/C24H22Cl2N2OS/c1-4-16-13(2)23(27-14(16)3)11-18-17-10-15(8-9-22(17)28-24(18)29)30-12-19-20(25)6-5-7-21(19)26/h5-11,27H,4,12H2,1-3H3,(H,28,29)/b18-11-. The number of thioether (sulfide) groups is 1. The Hall–Kier alpha value is -2.14.